The zero-order valence-corrected chi connectivity index (χ0v) is 10.1. The van der Waals surface area contributed by atoms with E-state index in [9.17, 15) is 9.18 Å². The van der Waals surface area contributed by atoms with Crippen molar-refractivity contribution in [1.82, 2.24) is 0 Å². The van der Waals surface area contributed by atoms with Crippen molar-refractivity contribution in [3.63, 3.8) is 0 Å². The molecule has 0 N–H and O–H groups in total. The third kappa shape index (κ3) is 2.17. The Hall–Kier alpha value is 0.320. The van der Waals surface area contributed by atoms with Crippen LogP contribution in [0.5, 0.6) is 0 Å². The van der Waals surface area contributed by atoms with Crippen LogP contribution in [0.25, 0.3) is 0 Å². The van der Waals surface area contributed by atoms with Crippen molar-refractivity contribution < 1.29 is 9.18 Å². The first-order valence-corrected chi connectivity index (χ1v) is 5.11. The molecule has 1 nitrogen and oxygen atoms in total. The topological polar surface area (TPSA) is 17.1 Å². The molecule has 0 aliphatic carbocycles. The summed E-state index contributed by atoms with van der Waals surface area (Å²) in [6, 6.07) is 2.92. The smallest absolute Gasteiger partial charge is 0.255 e. The number of rotatable bonds is 1. The highest BCUT2D eigenvalue weighted by molar-refractivity contribution is 14.1. The molecule has 0 heterocycles. The molecule has 0 radical (unpaired) electrons. The normalized spacial score (nSPS) is 10.0. The molecule has 1 aromatic carbocycles. The fourth-order valence-corrected chi connectivity index (χ4v) is 2.35. The molecule has 0 saturated carbocycles. The number of hydrogen-bond donors (Lipinski definition) is 0. The van der Waals surface area contributed by atoms with Gasteiger partial charge in [0.1, 0.15) is 5.82 Å². The maximum Gasteiger partial charge on any atom is 0.255 e. The third-order valence-corrected chi connectivity index (χ3v) is 2.65. The van der Waals surface area contributed by atoms with Crippen molar-refractivity contribution in [3.05, 3.63) is 31.6 Å². The van der Waals surface area contributed by atoms with Gasteiger partial charge in [0.05, 0.1) is 9.13 Å². The van der Waals surface area contributed by atoms with Gasteiger partial charge in [-0.1, -0.05) is 15.9 Å². The lowest BCUT2D eigenvalue weighted by atomic mass is 10.2. The second-order valence-corrected chi connectivity index (χ2v) is 4.44. The Balaban J connectivity index is 3.37. The number of hydrogen-bond acceptors (Lipinski definition) is 1. The van der Waals surface area contributed by atoms with Gasteiger partial charge in [-0.3, -0.25) is 4.79 Å². The summed E-state index contributed by atoms with van der Waals surface area (Å²) in [7, 11) is 0. The van der Waals surface area contributed by atoms with E-state index in [1.165, 1.54) is 6.07 Å². The van der Waals surface area contributed by atoms with Crippen LogP contribution in [0.3, 0.4) is 0 Å². The van der Waals surface area contributed by atoms with Gasteiger partial charge >= 0.3 is 0 Å². The van der Waals surface area contributed by atoms with Gasteiger partial charge in [-0.15, -0.1) is 0 Å². The van der Waals surface area contributed by atoms with E-state index < -0.39 is 11.1 Å². The summed E-state index contributed by atoms with van der Waals surface area (Å²) < 4.78 is 14.1. The van der Waals surface area contributed by atoms with Gasteiger partial charge in [-0.25, -0.2) is 4.39 Å². The molecule has 0 atom stereocenters. The highest BCUT2D eigenvalue weighted by atomic mass is 127. The second kappa shape index (κ2) is 4.02. The standard InChI is InChI=1S/C7H2BrClFIO/c8-3-1-4(7(9)12)6(10)5(11)2-3/h1-2H. The Morgan fingerprint density at radius 2 is 2.17 bits per heavy atom. The molecule has 0 aliphatic heterocycles. The first kappa shape index (κ1) is 10.4. The first-order valence-electron chi connectivity index (χ1n) is 2.86. The molecule has 1 rings (SSSR count). The molecule has 0 spiro atoms. The van der Waals surface area contributed by atoms with E-state index in [4.69, 9.17) is 11.6 Å². The summed E-state index contributed by atoms with van der Waals surface area (Å²) >= 11 is 10.1. The zero-order chi connectivity index (χ0) is 9.30. The molecule has 0 fully saturated rings. The number of carbonyl (C=O) groups is 1. The van der Waals surface area contributed by atoms with Crippen LogP contribution in [-0.2, 0) is 0 Å². The molecule has 0 unspecified atom stereocenters. The molecular weight excluding hydrogens is 361 g/mol. The SMILES string of the molecule is O=C(Cl)c1cc(Br)cc(I)c1F. The summed E-state index contributed by atoms with van der Waals surface area (Å²) in [6.45, 7) is 0. The van der Waals surface area contributed by atoms with Gasteiger partial charge in [0, 0.05) is 4.47 Å². The maximum atomic E-state index is 13.1. The molecule has 0 aliphatic rings. The molecule has 0 bridgehead atoms. The molecule has 1 aromatic rings. The summed E-state index contributed by atoms with van der Waals surface area (Å²) in [5.74, 6) is -0.571. The number of halogens is 4. The van der Waals surface area contributed by atoms with Crippen LogP contribution >= 0.6 is 50.1 Å². The largest absolute Gasteiger partial charge is 0.275 e. The fraction of sp³-hybridized carbons (Fsp3) is 0. The lowest BCUT2D eigenvalue weighted by molar-refractivity contribution is 0.107. The van der Waals surface area contributed by atoms with Crippen molar-refractivity contribution in [2.75, 3.05) is 0 Å². The average Bonchev–Trinajstić information content (AvgIpc) is 1.96. The molecule has 12 heavy (non-hydrogen) atoms. The van der Waals surface area contributed by atoms with Crippen molar-refractivity contribution in [3.8, 4) is 0 Å². The van der Waals surface area contributed by atoms with Crippen molar-refractivity contribution in [2.45, 2.75) is 0 Å². The Morgan fingerprint density at radius 1 is 1.58 bits per heavy atom. The first-order chi connectivity index (χ1) is 5.52. The minimum Gasteiger partial charge on any atom is -0.275 e. The Labute approximate surface area is 95.6 Å². The molecule has 0 saturated heterocycles. The van der Waals surface area contributed by atoms with Gasteiger partial charge in [0.2, 0.25) is 0 Å². The number of carbonyl (C=O) groups excluding carboxylic acids is 1. The molecule has 64 valence electrons. The molecule has 0 aromatic heterocycles. The third-order valence-electron chi connectivity index (χ3n) is 1.20. The Morgan fingerprint density at radius 3 is 2.67 bits per heavy atom. The van der Waals surface area contributed by atoms with Crippen molar-refractivity contribution in [1.29, 1.82) is 0 Å². The van der Waals surface area contributed by atoms with Gasteiger partial charge in [-0.05, 0) is 46.3 Å². The van der Waals surface area contributed by atoms with Crippen LogP contribution < -0.4 is 0 Å². The van der Waals surface area contributed by atoms with E-state index in [2.05, 4.69) is 15.9 Å². The predicted molar refractivity (Wildman–Crippen MR) is 57.0 cm³/mol. The van der Waals surface area contributed by atoms with Gasteiger partial charge in [0.25, 0.3) is 5.24 Å². The lowest BCUT2D eigenvalue weighted by Gasteiger charge is -2.00. The van der Waals surface area contributed by atoms with Crippen LogP contribution in [0.1, 0.15) is 10.4 Å². The van der Waals surface area contributed by atoms with Crippen LogP contribution in [0.2, 0.25) is 0 Å². The van der Waals surface area contributed by atoms with E-state index >= 15 is 0 Å². The van der Waals surface area contributed by atoms with E-state index in [-0.39, 0.29) is 5.56 Å². The summed E-state index contributed by atoms with van der Waals surface area (Å²) in [6.07, 6.45) is 0. The quantitative estimate of drug-likeness (QED) is 0.424. The fourth-order valence-electron chi connectivity index (χ4n) is 0.699. The maximum absolute atomic E-state index is 13.1. The van der Waals surface area contributed by atoms with Crippen molar-refractivity contribution in [2.24, 2.45) is 0 Å². The molecule has 0 amide bonds. The van der Waals surface area contributed by atoms with E-state index in [1.807, 2.05) is 0 Å². The molecule has 5 heteroatoms. The summed E-state index contributed by atoms with van der Waals surface area (Å²) in [5, 5.41) is -0.785. The minimum atomic E-state index is -0.785. The number of benzene rings is 1. The lowest BCUT2D eigenvalue weighted by Crippen LogP contribution is -1.96. The van der Waals surface area contributed by atoms with E-state index in [0.29, 0.717) is 8.04 Å². The van der Waals surface area contributed by atoms with E-state index in [0.717, 1.165) is 0 Å². The van der Waals surface area contributed by atoms with Crippen LogP contribution in [-0.4, -0.2) is 5.24 Å². The second-order valence-electron chi connectivity index (χ2n) is 2.02. The van der Waals surface area contributed by atoms with E-state index in [1.54, 1.807) is 28.7 Å². The van der Waals surface area contributed by atoms with Crippen molar-refractivity contribution >= 4 is 55.4 Å². The monoisotopic (exact) mass is 362 g/mol. The van der Waals surface area contributed by atoms with Gasteiger partial charge in [-0.2, -0.15) is 0 Å². The predicted octanol–water partition coefficient (Wildman–Crippen LogP) is 3.57. The van der Waals surface area contributed by atoms with Crippen LogP contribution in [0.15, 0.2) is 16.6 Å². The summed E-state index contributed by atoms with van der Waals surface area (Å²) in [5.41, 5.74) is -0.101. The average molecular weight is 363 g/mol. The van der Waals surface area contributed by atoms with Crippen LogP contribution in [0.4, 0.5) is 4.39 Å². The zero-order valence-electron chi connectivity index (χ0n) is 5.57. The minimum absolute atomic E-state index is 0.101. The molecular formula is C7H2BrClFIO. The highest BCUT2D eigenvalue weighted by Crippen LogP contribution is 2.22. The Bertz CT molecular complexity index is 342. The Kier molecular flexibility index (Phi) is 3.48. The highest BCUT2D eigenvalue weighted by Gasteiger charge is 2.12. The van der Waals surface area contributed by atoms with Gasteiger partial charge < -0.3 is 0 Å². The van der Waals surface area contributed by atoms with Gasteiger partial charge in [0.15, 0.2) is 0 Å². The van der Waals surface area contributed by atoms with Crippen LogP contribution in [0, 0.1) is 9.39 Å². The summed E-state index contributed by atoms with van der Waals surface area (Å²) in [4.78, 5) is 10.7.